The lowest BCUT2D eigenvalue weighted by Gasteiger charge is -2.47. The number of phenols is 1. The molecule has 0 unspecified atom stereocenters. The fourth-order valence-electron chi connectivity index (χ4n) is 3.91. The molecule has 2 aromatic rings. The van der Waals surface area contributed by atoms with Crippen LogP contribution < -0.4 is 0 Å². The van der Waals surface area contributed by atoms with Gasteiger partial charge in [0.1, 0.15) is 5.75 Å². The number of hydrogen-bond donors (Lipinski definition) is 1. The third-order valence-electron chi connectivity index (χ3n) is 5.16. The van der Waals surface area contributed by atoms with Crippen LogP contribution in [0.3, 0.4) is 0 Å². The standard InChI is InChI=1S/C22H28N2O/c1-4-13-23-15-18(3)24(16-17(23)2)22(19-9-6-5-7-10-19)20-11-8-12-21(25)14-20/h4-12,14,17-18,22,25H,1,13,15-16H2,2-3H3/t17-,18+,22+/m1/s1. The van der Waals surface area contributed by atoms with Crippen molar-refractivity contribution in [1.29, 1.82) is 0 Å². The summed E-state index contributed by atoms with van der Waals surface area (Å²) in [5.74, 6) is 0.324. The van der Waals surface area contributed by atoms with Crippen molar-refractivity contribution in [1.82, 2.24) is 9.80 Å². The molecule has 0 radical (unpaired) electrons. The van der Waals surface area contributed by atoms with Gasteiger partial charge in [-0.3, -0.25) is 9.80 Å². The summed E-state index contributed by atoms with van der Waals surface area (Å²) < 4.78 is 0. The molecule has 1 aliphatic heterocycles. The first-order valence-electron chi connectivity index (χ1n) is 9.04. The molecule has 2 aromatic carbocycles. The highest BCUT2D eigenvalue weighted by molar-refractivity contribution is 5.36. The first-order valence-corrected chi connectivity index (χ1v) is 9.04. The molecule has 3 atom stereocenters. The second-order valence-electron chi connectivity index (χ2n) is 7.05. The lowest BCUT2D eigenvalue weighted by atomic mass is 9.93. The summed E-state index contributed by atoms with van der Waals surface area (Å²) >= 11 is 0. The maximum Gasteiger partial charge on any atom is 0.115 e. The van der Waals surface area contributed by atoms with Crippen LogP contribution in [0.5, 0.6) is 5.75 Å². The molecule has 0 bridgehead atoms. The van der Waals surface area contributed by atoms with Gasteiger partial charge in [0.05, 0.1) is 6.04 Å². The van der Waals surface area contributed by atoms with Crippen molar-refractivity contribution in [3.05, 3.63) is 78.4 Å². The van der Waals surface area contributed by atoms with E-state index in [-0.39, 0.29) is 6.04 Å². The van der Waals surface area contributed by atoms with Crippen LogP contribution in [0.2, 0.25) is 0 Å². The van der Waals surface area contributed by atoms with E-state index >= 15 is 0 Å². The Morgan fingerprint density at radius 2 is 1.76 bits per heavy atom. The zero-order valence-electron chi connectivity index (χ0n) is 15.2. The van der Waals surface area contributed by atoms with Gasteiger partial charge in [0, 0.05) is 31.7 Å². The lowest BCUT2D eigenvalue weighted by molar-refractivity contribution is 0.0306. The number of benzene rings is 2. The van der Waals surface area contributed by atoms with E-state index in [4.69, 9.17) is 0 Å². The van der Waals surface area contributed by atoms with Crippen molar-refractivity contribution in [3.63, 3.8) is 0 Å². The maximum atomic E-state index is 10.00. The topological polar surface area (TPSA) is 26.7 Å². The van der Waals surface area contributed by atoms with Crippen molar-refractivity contribution in [2.24, 2.45) is 0 Å². The summed E-state index contributed by atoms with van der Waals surface area (Å²) in [6, 6.07) is 19.3. The Morgan fingerprint density at radius 1 is 1.04 bits per heavy atom. The van der Waals surface area contributed by atoms with Crippen LogP contribution in [0.1, 0.15) is 31.0 Å². The molecule has 0 amide bonds. The molecule has 0 spiro atoms. The minimum atomic E-state index is 0.150. The fraction of sp³-hybridized carbons (Fsp3) is 0.364. The van der Waals surface area contributed by atoms with Gasteiger partial charge in [-0.15, -0.1) is 6.58 Å². The Hall–Kier alpha value is -2.10. The van der Waals surface area contributed by atoms with Gasteiger partial charge < -0.3 is 5.11 Å². The summed E-state index contributed by atoms with van der Waals surface area (Å²) in [5, 5.41) is 10.00. The second-order valence-corrected chi connectivity index (χ2v) is 7.05. The summed E-state index contributed by atoms with van der Waals surface area (Å²) in [4.78, 5) is 5.05. The highest BCUT2D eigenvalue weighted by Crippen LogP contribution is 2.34. The third-order valence-corrected chi connectivity index (χ3v) is 5.16. The zero-order valence-corrected chi connectivity index (χ0v) is 15.2. The van der Waals surface area contributed by atoms with Crippen molar-refractivity contribution in [2.75, 3.05) is 19.6 Å². The summed E-state index contributed by atoms with van der Waals surface area (Å²) in [7, 11) is 0. The molecule has 0 aliphatic carbocycles. The number of hydrogen-bond acceptors (Lipinski definition) is 3. The Morgan fingerprint density at radius 3 is 2.44 bits per heavy atom. The minimum Gasteiger partial charge on any atom is -0.508 e. The molecule has 132 valence electrons. The molecule has 1 aliphatic rings. The predicted molar refractivity (Wildman–Crippen MR) is 104 cm³/mol. The molecule has 3 heteroatoms. The molecule has 1 heterocycles. The van der Waals surface area contributed by atoms with Crippen LogP contribution in [-0.2, 0) is 0 Å². The van der Waals surface area contributed by atoms with E-state index < -0.39 is 0 Å². The molecular formula is C22H28N2O. The van der Waals surface area contributed by atoms with Crippen LogP contribution in [0.25, 0.3) is 0 Å². The van der Waals surface area contributed by atoms with E-state index in [1.165, 1.54) is 5.56 Å². The van der Waals surface area contributed by atoms with Crippen molar-refractivity contribution >= 4 is 0 Å². The largest absolute Gasteiger partial charge is 0.508 e. The van der Waals surface area contributed by atoms with Gasteiger partial charge >= 0.3 is 0 Å². The number of rotatable bonds is 5. The van der Waals surface area contributed by atoms with Gasteiger partial charge in [-0.25, -0.2) is 0 Å². The van der Waals surface area contributed by atoms with Crippen molar-refractivity contribution < 1.29 is 5.11 Å². The average Bonchev–Trinajstić information content (AvgIpc) is 2.60. The van der Waals surface area contributed by atoms with E-state index in [1.807, 2.05) is 18.2 Å². The first-order chi connectivity index (χ1) is 12.1. The van der Waals surface area contributed by atoms with Crippen LogP contribution in [0.4, 0.5) is 0 Å². The first kappa shape index (κ1) is 17.7. The Balaban J connectivity index is 1.96. The predicted octanol–water partition coefficient (Wildman–Crippen LogP) is 4.06. The Bertz CT molecular complexity index is 700. The van der Waals surface area contributed by atoms with Gasteiger partial charge in [0.25, 0.3) is 0 Å². The normalized spacial score (nSPS) is 23.3. The van der Waals surface area contributed by atoms with Crippen LogP contribution in [0.15, 0.2) is 67.3 Å². The van der Waals surface area contributed by atoms with E-state index in [0.717, 1.165) is 25.2 Å². The summed E-state index contributed by atoms with van der Waals surface area (Å²) in [5.41, 5.74) is 2.41. The Labute approximate surface area is 151 Å². The van der Waals surface area contributed by atoms with Gasteiger partial charge in [-0.05, 0) is 37.1 Å². The molecule has 1 fully saturated rings. The molecule has 3 nitrogen and oxygen atoms in total. The molecule has 0 saturated carbocycles. The highest BCUT2D eigenvalue weighted by Gasteiger charge is 2.34. The fourth-order valence-corrected chi connectivity index (χ4v) is 3.91. The Kier molecular flexibility index (Phi) is 5.57. The van der Waals surface area contributed by atoms with E-state index in [9.17, 15) is 5.11 Å². The van der Waals surface area contributed by atoms with E-state index in [2.05, 4.69) is 66.6 Å². The number of nitrogens with zero attached hydrogens (tertiary/aromatic N) is 2. The molecule has 0 aromatic heterocycles. The number of piperazine rings is 1. The molecule has 3 rings (SSSR count). The van der Waals surface area contributed by atoms with Crippen molar-refractivity contribution in [3.8, 4) is 5.75 Å². The van der Waals surface area contributed by atoms with Crippen LogP contribution in [0, 0.1) is 0 Å². The molecule has 1 N–H and O–H groups in total. The van der Waals surface area contributed by atoms with E-state index in [1.54, 1.807) is 6.07 Å². The van der Waals surface area contributed by atoms with Gasteiger partial charge in [0.15, 0.2) is 0 Å². The number of phenolic OH excluding ortho intramolecular Hbond substituents is 1. The molecular weight excluding hydrogens is 308 g/mol. The maximum absolute atomic E-state index is 10.00. The number of aromatic hydroxyl groups is 1. The quantitative estimate of drug-likeness (QED) is 0.834. The molecule has 1 saturated heterocycles. The van der Waals surface area contributed by atoms with Crippen LogP contribution in [-0.4, -0.2) is 46.6 Å². The lowest BCUT2D eigenvalue weighted by Crippen LogP contribution is -2.57. The third kappa shape index (κ3) is 3.94. The van der Waals surface area contributed by atoms with Crippen LogP contribution >= 0.6 is 0 Å². The van der Waals surface area contributed by atoms with E-state index in [0.29, 0.717) is 17.8 Å². The van der Waals surface area contributed by atoms with Crippen molar-refractivity contribution in [2.45, 2.75) is 32.0 Å². The minimum absolute atomic E-state index is 0.150. The van der Waals surface area contributed by atoms with Gasteiger partial charge in [-0.2, -0.15) is 0 Å². The highest BCUT2D eigenvalue weighted by atomic mass is 16.3. The summed E-state index contributed by atoms with van der Waals surface area (Å²) in [6.07, 6.45) is 1.99. The zero-order chi connectivity index (χ0) is 17.8. The summed E-state index contributed by atoms with van der Waals surface area (Å²) in [6.45, 7) is 11.4. The smallest absolute Gasteiger partial charge is 0.115 e. The average molecular weight is 336 g/mol. The van der Waals surface area contributed by atoms with Gasteiger partial charge in [-0.1, -0.05) is 48.5 Å². The second kappa shape index (κ2) is 7.85. The van der Waals surface area contributed by atoms with Gasteiger partial charge in [0.2, 0.25) is 0 Å². The molecule has 25 heavy (non-hydrogen) atoms. The SMILES string of the molecule is C=CCN1C[C@H](C)N([C@@H](c2ccccc2)c2cccc(O)c2)C[C@H]1C. The monoisotopic (exact) mass is 336 g/mol.